The minimum atomic E-state index is -0.749. The number of ether oxygens (including phenoxy) is 1. The van der Waals surface area contributed by atoms with Gasteiger partial charge in [0.05, 0.1) is 23.2 Å². The molecule has 186 valence electrons. The first kappa shape index (κ1) is 25.4. The number of nitrogens with one attached hydrogen (secondary N) is 2. The van der Waals surface area contributed by atoms with E-state index in [2.05, 4.69) is 15.6 Å². The highest BCUT2D eigenvalue weighted by atomic mass is 35.5. The number of amides is 2. The molecule has 0 saturated carbocycles. The number of benzene rings is 3. The Labute approximate surface area is 217 Å². The van der Waals surface area contributed by atoms with Crippen molar-refractivity contribution in [2.24, 2.45) is 0 Å². The second-order valence-electron chi connectivity index (χ2n) is 8.01. The van der Waals surface area contributed by atoms with E-state index in [9.17, 15) is 19.5 Å². The van der Waals surface area contributed by atoms with Crippen LogP contribution in [0, 0.1) is 0 Å². The lowest BCUT2D eigenvalue weighted by molar-refractivity contribution is -0.136. The number of methoxy groups -OCH3 is 1. The fourth-order valence-electron chi connectivity index (χ4n) is 3.57. The van der Waals surface area contributed by atoms with Crippen molar-refractivity contribution in [3.8, 4) is 5.75 Å². The number of esters is 1. The van der Waals surface area contributed by atoms with E-state index in [0.717, 1.165) is 16.5 Å². The molecule has 4 aromatic rings. The first-order valence-corrected chi connectivity index (χ1v) is 11.5. The number of aromatic nitrogens is 1. The Hall–Kier alpha value is -4.69. The second-order valence-corrected chi connectivity index (χ2v) is 8.42. The molecule has 0 saturated heterocycles. The lowest BCUT2D eigenvalue weighted by Gasteiger charge is -2.11. The number of hydrogen-bond acceptors (Lipinski definition) is 6. The van der Waals surface area contributed by atoms with Crippen LogP contribution in [0.2, 0.25) is 5.02 Å². The van der Waals surface area contributed by atoms with Crippen molar-refractivity contribution in [1.82, 2.24) is 15.6 Å². The lowest BCUT2D eigenvalue weighted by Crippen LogP contribution is -2.28. The minimum absolute atomic E-state index is 0.0269. The quantitative estimate of drug-likeness (QED) is 0.247. The monoisotopic (exact) mass is 515 g/mol. The van der Waals surface area contributed by atoms with Gasteiger partial charge in [-0.1, -0.05) is 41.9 Å². The summed E-state index contributed by atoms with van der Waals surface area (Å²) in [7, 11) is 1.21. The lowest BCUT2D eigenvalue weighted by atomic mass is 10.1. The van der Waals surface area contributed by atoms with Gasteiger partial charge in [-0.05, 0) is 59.7 Å². The van der Waals surface area contributed by atoms with Gasteiger partial charge < -0.3 is 20.5 Å². The fourth-order valence-corrected chi connectivity index (χ4v) is 3.84. The molecule has 3 N–H and O–H groups in total. The summed E-state index contributed by atoms with van der Waals surface area (Å²) in [6.45, 7) is 0.198. The van der Waals surface area contributed by atoms with Crippen LogP contribution in [-0.2, 0) is 16.1 Å². The van der Waals surface area contributed by atoms with Crippen molar-refractivity contribution >= 4 is 46.4 Å². The van der Waals surface area contributed by atoms with Gasteiger partial charge in [-0.25, -0.2) is 4.79 Å². The van der Waals surface area contributed by atoms with Crippen LogP contribution in [0.15, 0.2) is 84.7 Å². The smallest absolute Gasteiger partial charge is 0.354 e. The second kappa shape index (κ2) is 11.4. The molecule has 0 spiro atoms. The molecule has 3 aromatic carbocycles. The molecule has 0 bridgehead atoms. The summed E-state index contributed by atoms with van der Waals surface area (Å²) in [5, 5.41) is 15.7. The summed E-state index contributed by atoms with van der Waals surface area (Å²) in [4.78, 5) is 42.2. The third-order valence-electron chi connectivity index (χ3n) is 5.42. The number of phenolic OH excluding ortho intramolecular Hbond substituents is 1. The van der Waals surface area contributed by atoms with Crippen LogP contribution in [0.3, 0.4) is 0 Å². The van der Waals surface area contributed by atoms with Gasteiger partial charge in [0.1, 0.15) is 11.4 Å². The van der Waals surface area contributed by atoms with E-state index in [1.807, 2.05) is 30.3 Å². The van der Waals surface area contributed by atoms with Crippen molar-refractivity contribution in [3.05, 3.63) is 112 Å². The Bertz CT molecular complexity index is 1530. The van der Waals surface area contributed by atoms with Crippen LogP contribution < -0.4 is 10.6 Å². The third kappa shape index (κ3) is 6.31. The molecule has 0 aliphatic rings. The first-order valence-electron chi connectivity index (χ1n) is 11.2. The maximum absolute atomic E-state index is 12.9. The number of halogens is 1. The van der Waals surface area contributed by atoms with Gasteiger partial charge in [-0.2, -0.15) is 0 Å². The number of rotatable bonds is 7. The van der Waals surface area contributed by atoms with Gasteiger partial charge in [-0.3, -0.25) is 14.6 Å². The average molecular weight is 516 g/mol. The third-order valence-corrected chi connectivity index (χ3v) is 5.73. The molecule has 0 unspecified atom stereocenters. The molecule has 0 fully saturated rings. The van der Waals surface area contributed by atoms with Crippen LogP contribution in [-0.4, -0.2) is 35.0 Å². The van der Waals surface area contributed by atoms with Crippen molar-refractivity contribution in [3.63, 3.8) is 0 Å². The van der Waals surface area contributed by atoms with E-state index in [0.29, 0.717) is 5.56 Å². The number of carbonyl (C=O) groups is 3. The normalized spacial score (nSPS) is 11.1. The van der Waals surface area contributed by atoms with Gasteiger partial charge in [0.25, 0.3) is 11.8 Å². The molecule has 0 aliphatic heterocycles. The summed E-state index contributed by atoms with van der Waals surface area (Å²) in [5.41, 5.74) is 2.31. The number of nitrogens with zero attached hydrogens (tertiary/aromatic N) is 1. The molecular weight excluding hydrogens is 494 g/mol. The Balaban J connectivity index is 1.50. The zero-order chi connectivity index (χ0) is 26.4. The predicted molar refractivity (Wildman–Crippen MR) is 140 cm³/mol. The van der Waals surface area contributed by atoms with Gasteiger partial charge in [0.2, 0.25) is 0 Å². The number of aromatic hydroxyl groups is 1. The first-order chi connectivity index (χ1) is 17.8. The number of carbonyl (C=O) groups excluding carboxylic acids is 3. The van der Waals surface area contributed by atoms with E-state index < -0.39 is 17.8 Å². The molecule has 1 aromatic heterocycles. The number of hydrogen-bond donors (Lipinski definition) is 3. The van der Waals surface area contributed by atoms with Gasteiger partial charge in [-0.15, -0.1) is 0 Å². The van der Waals surface area contributed by atoms with Crippen LogP contribution in [0.1, 0.15) is 31.8 Å². The van der Waals surface area contributed by atoms with Gasteiger partial charge >= 0.3 is 5.97 Å². The summed E-state index contributed by atoms with van der Waals surface area (Å²) in [6, 6.07) is 20.1. The van der Waals surface area contributed by atoms with E-state index in [-0.39, 0.29) is 34.1 Å². The van der Waals surface area contributed by atoms with E-state index >= 15 is 0 Å². The largest absolute Gasteiger partial charge is 0.508 e. The molecule has 9 heteroatoms. The molecule has 37 heavy (non-hydrogen) atoms. The fraction of sp³-hybridized carbons (Fsp3) is 0.0714. The Morgan fingerprint density at radius 1 is 1.00 bits per heavy atom. The summed E-state index contributed by atoms with van der Waals surface area (Å²) in [6.07, 6.45) is 3.04. The number of fused-ring (bicyclic) bond motifs is 1. The summed E-state index contributed by atoms with van der Waals surface area (Å²) >= 11 is 6.31. The molecule has 4 rings (SSSR count). The number of phenols is 1. The molecule has 0 aliphatic carbocycles. The average Bonchev–Trinajstić information content (AvgIpc) is 2.90. The van der Waals surface area contributed by atoms with Crippen molar-refractivity contribution in [2.75, 3.05) is 7.11 Å². The number of para-hydroxylation sites is 1. The zero-order valence-corrected chi connectivity index (χ0v) is 20.5. The van der Waals surface area contributed by atoms with Gasteiger partial charge in [0.15, 0.2) is 0 Å². The Morgan fingerprint density at radius 3 is 2.57 bits per heavy atom. The van der Waals surface area contributed by atoms with Crippen LogP contribution in [0.4, 0.5) is 0 Å². The highest BCUT2D eigenvalue weighted by molar-refractivity contribution is 6.34. The maximum Gasteiger partial charge on any atom is 0.354 e. The van der Waals surface area contributed by atoms with Crippen LogP contribution in [0.25, 0.3) is 17.0 Å². The van der Waals surface area contributed by atoms with E-state index in [4.69, 9.17) is 16.3 Å². The maximum atomic E-state index is 12.9. The molecule has 0 atom stereocenters. The topological polar surface area (TPSA) is 118 Å². The van der Waals surface area contributed by atoms with Gasteiger partial charge in [0, 0.05) is 23.7 Å². The molecule has 1 heterocycles. The Morgan fingerprint density at radius 2 is 1.81 bits per heavy atom. The van der Waals surface area contributed by atoms with E-state index in [1.165, 1.54) is 37.5 Å². The molecule has 8 nitrogen and oxygen atoms in total. The molecular formula is C28H22ClN3O5. The summed E-state index contributed by atoms with van der Waals surface area (Å²) in [5.74, 6) is -1.71. The Kier molecular flexibility index (Phi) is 7.80. The highest BCUT2D eigenvalue weighted by Gasteiger charge is 2.18. The zero-order valence-electron chi connectivity index (χ0n) is 19.7. The van der Waals surface area contributed by atoms with Crippen molar-refractivity contribution in [2.45, 2.75) is 6.54 Å². The summed E-state index contributed by atoms with van der Waals surface area (Å²) < 4.78 is 4.82. The van der Waals surface area contributed by atoms with Crippen molar-refractivity contribution < 1.29 is 24.2 Å². The molecule has 2 amide bonds. The highest BCUT2D eigenvalue weighted by Crippen LogP contribution is 2.20. The van der Waals surface area contributed by atoms with Crippen molar-refractivity contribution in [1.29, 1.82) is 0 Å². The number of pyridine rings is 1. The SMILES string of the molecule is COC(=O)/C(=C/c1cnc2ccccc2c1)NC(=O)c1ccc(C(=O)NCc2cccc(O)c2)cc1Cl. The van der Waals surface area contributed by atoms with Crippen LogP contribution >= 0.6 is 11.6 Å². The minimum Gasteiger partial charge on any atom is -0.508 e. The molecule has 0 radical (unpaired) electrons. The van der Waals surface area contributed by atoms with E-state index in [1.54, 1.807) is 24.4 Å². The van der Waals surface area contributed by atoms with Crippen LogP contribution in [0.5, 0.6) is 5.75 Å². The predicted octanol–water partition coefficient (Wildman–Crippen LogP) is 4.47. The standard InChI is InChI=1S/C28H22ClN3O5/c1-37-28(36)25(13-18-11-19-6-2-3-8-24(19)30-16-18)32-27(35)22-10-9-20(14-23(22)29)26(34)31-15-17-5-4-7-21(33)12-17/h2-14,16,33H,15H2,1H3,(H,31,34)(H,32,35)/b25-13-.